The first kappa shape index (κ1) is 25.4. The van der Waals surface area contributed by atoms with Crippen molar-refractivity contribution >= 4 is 35.6 Å². The van der Waals surface area contributed by atoms with E-state index < -0.39 is 23.8 Å². The summed E-state index contributed by atoms with van der Waals surface area (Å²) in [7, 11) is 0. The molecule has 4 amide bonds. The minimum Gasteiger partial charge on any atom is -0.488 e. The van der Waals surface area contributed by atoms with Crippen molar-refractivity contribution in [2.24, 2.45) is 0 Å². The highest BCUT2D eigenvalue weighted by atomic mass is 16.5. The van der Waals surface area contributed by atoms with Crippen LogP contribution in [0.3, 0.4) is 0 Å². The summed E-state index contributed by atoms with van der Waals surface area (Å²) < 4.78 is 11.0. The van der Waals surface area contributed by atoms with E-state index in [0.29, 0.717) is 17.9 Å². The van der Waals surface area contributed by atoms with Gasteiger partial charge in [0, 0.05) is 5.56 Å². The molecule has 0 aromatic heterocycles. The van der Waals surface area contributed by atoms with Crippen molar-refractivity contribution in [1.29, 1.82) is 0 Å². The van der Waals surface area contributed by atoms with Crippen molar-refractivity contribution in [3.8, 4) is 5.75 Å². The van der Waals surface area contributed by atoms with Crippen molar-refractivity contribution in [1.82, 2.24) is 5.32 Å². The number of benzene rings is 3. The molecule has 3 aromatic carbocycles. The van der Waals surface area contributed by atoms with Crippen LogP contribution in [0.25, 0.3) is 6.08 Å². The number of esters is 1. The topological polar surface area (TPSA) is 102 Å². The number of nitrogens with one attached hydrogen (secondary N) is 1. The molecule has 4 rings (SSSR count). The molecule has 1 aliphatic heterocycles. The summed E-state index contributed by atoms with van der Waals surface area (Å²) in [5.41, 5.74) is 4.01. The molecule has 3 aromatic rings. The van der Waals surface area contributed by atoms with Gasteiger partial charge in [0.2, 0.25) is 0 Å². The van der Waals surface area contributed by atoms with E-state index in [0.717, 1.165) is 21.6 Å². The van der Waals surface area contributed by atoms with Gasteiger partial charge in [-0.3, -0.25) is 14.9 Å². The normalized spacial score (nSPS) is 14.5. The van der Waals surface area contributed by atoms with Gasteiger partial charge in [0.25, 0.3) is 11.8 Å². The highest BCUT2D eigenvalue weighted by molar-refractivity contribution is 6.39. The van der Waals surface area contributed by atoms with Gasteiger partial charge in [0.1, 0.15) is 17.9 Å². The van der Waals surface area contributed by atoms with Gasteiger partial charge in [-0.05, 0) is 62.7 Å². The van der Waals surface area contributed by atoms with Crippen LogP contribution >= 0.6 is 0 Å². The number of ether oxygens (including phenoxy) is 2. The minimum atomic E-state index is -0.879. The number of rotatable bonds is 7. The molecule has 1 N–H and O–H groups in total. The van der Waals surface area contributed by atoms with E-state index in [1.165, 1.54) is 30.3 Å². The Morgan fingerprint density at radius 3 is 2.30 bits per heavy atom. The maximum Gasteiger partial charge on any atom is 0.338 e. The Labute approximate surface area is 214 Å². The number of carbonyl (C=O) groups is 4. The van der Waals surface area contributed by atoms with Crippen LogP contribution in [-0.2, 0) is 20.9 Å². The Bertz CT molecular complexity index is 1390. The predicted molar refractivity (Wildman–Crippen MR) is 138 cm³/mol. The third-order valence-corrected chi connectivity index (χ3v) is 5.63. The lowest BCUT2D eigenvalue weighted by molar-refractivity contribution is -0.122. The van der Waals surface area contributed by atoms with Crippen molar-refractivity contribution in [2.75, 3.05) is 11.5 Å². The summed E-state index contributed by atoms with van der Waals surface area (Å²) in [6.07, 6.45) is 1.40. The number of anilines is 1. The van der Waals surface area contributed by atoms with Gasteiger partial charge >= 0.3 is 12.0 Å². The van der Waals surface area contributed by atoms with E-state index in [9.17, 15) is 19.2 Å². The largest absolute Gasteiger partial charge is 0.488 e. The smallest absolute Gasteiger partial charge is 0.338 e. The molecule has 1 fully saturated rings. The van der Waals surface area contributed by atoms with Gasteiger partial charge in [0.15, 0.2) is 0 Å². The zero-order valence-corrected chi connectivity index (χ0v) is 20.7. The maximum atomic E-state index is 13.3. The lowest BCUT2D eigenvalue weighted by atomic mass is 10.1. The predicted octanol–water partition coefficient (Wildman–Crippen LogP) is 4.73. The van der Waals surface area contributed by atoms with Crippen LogP contribution in [0.2, 0.25) is 0 Å². The van der Waals surface area contributed by atoms with Crippen LogP contribution in [-0.4, -0.2) is 30.4 Å². The first-order valence-electron chi connectivity index (χ1n) is 11.7. The lowest BCUT2D eigenvalue weighted by Crippen LogP contribution is -2.54. The Morgan fingerprint density at radius 1 is 0.946 bits per heavy atom. The number of imide groups is 2. The summed E-state index contributed by atoms with van der Waals surface area (Å²) >= 11 is 0. The Kier molecular flexibility index (Phi) is 7.48. The molecule has 0 unspecified atom stereocenters. The number of barbiturate groups is 1. The van der Waals surface area contributed by atoms with Crippen LogP contribution < -0.4 is 15.0 Å². The second-order valence-corrected chi connectivity index (χ2v) is 8.55. The fraction of sp³-hybridized carbons (Fsp3) is 0.172. The summed E-state index contributed by atoms with van der Waals surface area (Å²) in [4.78, 5) is 51.2. The third kappa shape index (κ3) is 5.75. The molecule has 0 atom stereocenters. The van der Waals surface area contributed by atoms with E-state index in [4.69, 9.17) is 9.47 Å². The van der Waals surface area contributed by atoms with Gasteiger partial charge in [-0.15, -0.1) is 0 Å². The molecular formula is C29H26N2O6. The average Bonchev–Trinajstić information content (AvgIpc) is 2.86. The number of carbonyl (C=O) groups excluding carboxylic acids is 4. The maximum absolute atomic E-state index is 13.3. The van der Waals surface area contributed by atoms with E-state index in [1.807, 2.05) is 26.0 Å². The summed E-state index contributed by atoms with van der Waals surface area (Å²) in [5.74, 6) is -1.63. The molecule has 0 aliphatic carbocycles. The zero-order valence-electron chi connectivity index (χ0n) is 20.7. The standard InChI is InChI=1S/C29H26N2O6/c1-4-36-28(34)21-9-11-23(12-10-21)31-27(33)24(26(32)30-29(31)35)16-22-7-5-6-8-25(22)37-17-20-14-18(2)13-19(3)15-20/h5-16H,4,17H2,1-3H3,(H,30,32,35)/b24-16+. The third-order valence-electron chi connectivity index (χ3n) is 5.63. The molecule has 0 spiro atoms. The van der Waals surface area contributed by atoms with Crippen LogP contribution in [0, 0.1) is 13.8 Å². The van der Waals surface area contributed by atoms with Gasteiger partial charge in [0.05, 0.1) is 17.9 Å². The van der Waals surface area contributed by atoms with Crippen LogP contribution in [0.5, 0.6) is 5.75 Å². The van der Waals surface area contributed by atoms with Crippen molar-refractivity contribution in [3.63, 3.8) is 0 Å². The number of nitrogens with zero attached hydrogens (tertiary/aromatic N) is 1. The van der Waals surface area contributed by atoms with Crippen molar-refractivity contribution < 1.29 is 28.7 Å². The van der Waals surface area contributed by atoms with E-state index in [-0.39, 0.29) is 23.4 Å². The summed E-state index contributed by atoms with van der Waals surface area (Å²) in [6.45, 7) is 6.25. The minimum absolute atomic E-state index is 0.202. The molecule has 37 heavy (non-hydrogen) atoms. The van der Waals surface area contributed by atoms with E-state index in [2.05, 4.69) is 11.4 Å². The summed E-state index contributed by atoms with van der Waals surface area (Å²) in [6, 6.07) is 18.1. The molecule has 0 bridgehead atoms. The highest BCUT2D eigenvalue weighted by Gasteiger charge is 2.37. The SMILES string of the molecule is CCOC(=O)c1ccc(N2C(=O)NC(=O)/C(=C\c3ccccc3OCc3cc(C)cc(C)c3)C2=O)cc1. The van der Waals surface area contributed by atoms with Crippen LogP contribution in [0.1, 0.15) is 39.5 Å². The second kappa shape index (κ2) is 10.9. The van der Waals surface area contributed by atoms with E-state index >= 15 is 0 Å². The number of urea groups is 1. The van der Waals surface area contributed by atoms with Crippen molar-refractivity contribution in [3.05, 3.63) is 100 Å². The molecule has 8 heteroatoms. The Balaban J connectivity index is 1.60. The lowest BCUT2D eigenvalue weighted by Gasteiger charge is -2.26. The zero-order chi connectivity index (χ0) is 26.5. The van der Waals surface area contributed by atoms with Gasteiger partial charge in [-0.1, -0.05) is 47.5 Å². The van der Waals surface area contributed by atoms with Crippen molar-refractivity contribution in [2.45, 2.75) is 27.4 Å². The van der Waals surface area contributed by atoms with Gasteiger partial charge < -0.3 is 9.47 Å². The quantitative estimate of drug-likeness (QED) is 0.287. The molecule has 8 nitrogen and oxygen atoms in total. The molecular weight excluding hydrogens is 472 g/mol. The Morgan fingerprint density at radius 2 is 1.62 bits per heavy atom. The second-order valence-electron chi connectivity index (χ2n) is 8.55. The summed E-state index contributed by atoms with van der Waals surface area (Å²) in [5, 5.41) is 2.20. The fourth-order valence-corrected chi connectivity index (χ4v) is 4.05. The number of hydrogen-bond acceptors (Lipinski definition) is 6. The average molecular weight is 499 g/mol. The molecule has 1 saturated heterocycles. The Hall–Kier alpha value is -4.72. The van der Waals surface area contributed by atoms with Gasteiger partial charge in [-0.25, -0.2) is 14.5 Å². The van der Waals surface area contributed by atoms with Gasteiger partial charge in [-0.2, -0.15) is 0 Å². The fourth-order valence-electron chi connectivity index (χ4n) is 4.05. The molecule has 0 saturated carbocycles. The number of hydrogen-bond donors (Lipinski definition) is 1. The number of aryl methyl sites for hydroxylation is 2. The van der Waals surface area contributed by atoms with Crippen LogP contribution in [0.4, 0.5) is 10.5 Å². The first-order valence-corrected chi connectivity index (χ1v) is 11.7. The highest BCUT2D eigenvalue weighted by Crippen LogP contribution is 2.26. The molecule has 1 heterocycles. The van der Waals surface area contributed by atoms with E-state index in [1.54, 1.807) is 31.2 Å². The molecule has 188 valence electrons. The number of para-hydroxylation sites is 1. The number of amides is 4. The molecule has 0 radical (unpaired) electrons. The monoisotopic (exact) mass is 498 g/mol. The molecule has 1 aliphatic rings. The first-order chi connectivity index (χ1) is 17.8. The van der Waals surface area contributed by atoms with Crippen LogP contribution in [0.15, 0.2) is 72.3 Å².